The number of morpholine rings is 1. The van der Waals surface area contributed by atoms with Gasteiger partial charge >= 0.3 is 0 Å². The predicted octanol–water partition coefficient (Wildman–Crippen LogP) is -0.919. The first-order valence-corrected chi connectivity index (χ1v) is 7.13. The first-order chi connectivity index (χ1) is 7.09. The highest BCUT2D eigenvalue weighted by Crippen LogP contribution is 2.06. The number of ether oxygens (including phenoxy) is 1. The van der Waals surface area contributed by atoms with Crippen molar-refractivity contribution in [2.75, 3.05) is 44.4 Å². The second-order valence-corrected chi connectivity index (χ2v) is 6.21. The third-order valence-corrected chi connectivity index (χ3v) is 4.44. The molecule has 0 aromatic carbocycles. The fraction of sp³-hybridized carbons (Fsp3) is 1.00. The van der Waals surface area contributed by atoms with Crippen LogP contribution in [0.2, 0.25) is 0 Å². The molecule has 0 aromatic rings. The van der Waals surface area contributed by atoms with E-state index in [9.17, 15) is 8.42 Å². The molecule has 0 aliphatic carbocycles. The van der Waals surface area contributed by atoms with Gasteiger partial charge in [0.1, 0.15) is 0 Å². The maximum atomic E-state index is 11.3. The zero-order chi connectivity index (χ0) is 11.3. The molecule has 1 atom stereocenters. The van der Waals surface area contributed by atoms with E-state index in [1.54, 1.807) is 6.92 Å². The summed E-state index contributed by atoms with van der Waals surface area (Å²) >= 11 is 0. The molecule has 1 aliphatic heterocycles. The summed E-state index contributed by atoms with van der Waals surface area (Å²) in [5.74, 6) is 0.435. The van der Waals surface area contributed by atoms with Gasteiger partial charge in [-0.25, -0.2) is 8.42 Å². The fourth-order valence-electron chi connectivity index (χ4n) is 1.60. The topological polar surface area (TPSA) is 72.6 Å². The van der Waals surface area contributed by atoms with E-state index in [-0.39, 0.29) is 17.5 Å². The van der Waals surface area contributed by atoms with Crippen LogP contribution in [0.4, 0.5) is 0 Å². The van der Waals surface area contributed by atoms with Crippen LogP contribution in [-0.2, 0) is 14.6 Å². The fourth-order valence-corrected chi connectivity index (χ4v) is 2.40. The van der Waals surface area contributed by atoms with E-state index in [0.717, 1.165) is 6.54 Å². The molecular formula is C9H20N2O3S. The quantitative estimate of drug-likeness (QED) is 0.668. The Bertz CT molecular complexity index is 279. The SMILES string of the molecule is CCS(=O)(=O)CCN1CCOCC1CN. The Morgan fingerprint density at radius 2 is 2.27 bits per heavy atom. The third-order valence-electron chi connectivity index (χ3n) is 2.75. The van der Waals surface area contributed by atoms with Crippen molar-refractivity contribution in [3.05, 3.63) is 0 Å². The molecule has 90 valence electrons. The van der Waals surface area contributed by atoms with Crippen molar-refractivity contribution in [2.24, 2.45) is 5.73 Å². The molecule has 0 bridgehead atoms. The molecule has 1 aliphatic rings. The number of sulfone groups is 1. The molecule has 1 saturated heterocycles. The number of rotatable bonds is 5. The smallest absolute Gasteiger partial charge is 0.151 e. The summed E-state index contributed by atoms with van der Waals surface area (Å²) in [6, 6.07) is 0.172. The second kappa shape index (κ2) is 5.79. The van der Waals surface area contributed by atoms with Crippen molar-refractivity contribution in [2.45, 2.75) is 13.0 Å². The molecule has 0 aromatic heterocycles. The normalized spacial score (nSPS) is 24.3. The Balaban J connectivity index is 2.42. The van der Waals surface area contributed by atoms with Crippen LogP contribution in [0.5, 0.6) is 0 Å². The zero-order valence-corrected chi connectivity index (χ0v) is 10.0. The van der Waals surface area contributed by atoms with Crippen molar-refractivity contribution in [1.29, 1.82) is 0 Å². The summed E-state index contributed by atoms with van der Waals surface area (Å²) in [5.41, 5.74) is 5.59. The minimum atomic E-state index is -2.87. The number of nitrogens with two attached hydrogens (primary N) is 1. The van der Waals surface area contributed by atoms with Crippen LogP contribution in [-0.4, -0.2) is 63.7 Å². The van der Waals surface area contributed by atoms with Crippen molar-refractivity contribution in [1.82, 2.24) is 4.90 Å². The summed E-state index contributed by atoms with van der Waals surface area (Å²) < 4.78 is 28.0. The molecule has 2 N–H and O–H groups in total. The van der Waals surface area contributed by atoms with Crippen LogP contribution in [0.3, 0.4) is 0 Å². The predicted molar refractivity (Wildman–Crippen MR) is 59.6 cm³/mol. The van der Waals surface area contributed by atoms with Gasteiger partial charge < -0.3 is 10.5 Å². The monoisotopic (exact) mass is 236 g/mol. The lowest BCUT2D eigenvalue weighted by atomic mass is 10.2. The van der Waals surface area contributed by atoms with Gasteiger partial charge in [0.2, 0.25) is 0 Å². The van der Waals surface area contributed by atoms with Gasteiger partial charge in [0.25, 0.3) is 0 Å². The van der Waals surface area contributed by atoms with Gasteiger partial charge in [0, 0.05) is 31.4 Å². The third kappa shape index (κ3) is 4.06. The van der Waals surface area contributed by atoms with Crippen LogP contribution in [0.25, 0.3) is 0 Å². The highest BCUT2D eigenvalue weighted by Gasteiger charge is 2.22. The highest BCUT2D eigenvalue weighted by molar-refractivity contribution is 7.91. The molecular weight excluding hydrogens is 216 g/mol. The van der Waals surface area contributed by atoms with Crippen LogP contribution < -0.4 is 5.73 Å². The molecule has 0 radical (unpaired) electrons. The Labute approximate surface area is 91.5 Å². The average Bonchev–Trinajstić information content (AvgIpc) is 2.27. The van der Waals surface area contributed by atoms with Gasteiger partial charge in [0.15, 0.2) is 9.84 Å². The number of hydrogen-bond donors (Lipinski definition) is 1. The molecule has 1 fully saturated rings. The van der Waals surface area contributed by atoms with Crippen LogP contribution >= 0.6 is 0 Å². The van der Waals surface area contributed by atoms with E-state index in [0.29, 0.717) is 26.3 Å². The largest absolute Gasteiger partial charge is 0.378 e. The standard InChI is InChI=1S/C9H20N2O3S/c1-2-15(12,13)6-4-11-3-5-14-8-9(11)7-10/h9H,2-8,10H2,1H3. The Kier molecular flexibility index (Phi) is 4.98. The number of hydrogen-bond acceptors (Lipinski definition) is 5. The van der Waals surface area contributed by atoms with E-state index in [1.807, 2.05) is 0 Å². The number of nitrogens with zero attached hydrogens (tertiary/aromatic N) is 1. The molecule has 1 unspecified atom stereocenters. The summed E-state index contributed by atoms with van der Waals surface area (Å²) in [6.07, 6.45) is 0. The molecule has 15 heavy (non-hydrogen) atoms. The van der Waals surface area contributed by atoms with E-state index < -0.39 is 9.84 Å². The molecule has 6 heteroatoms. The maximum Gasteiger partial charge on any atom is 0.151 e. The average molecular weight is 236 g/mol. The molecule has 0 amide bonds. The van der Waals surface area contributed by atoms with Crippen LogP contribution in [0.1, 0.15) is 6.92 Å². The summed E-state index contributed by atoms with van der Waals surface area (Å²) in [6.45, 7) is 4.83. The lowest BCUT2D eigenvalue weighted by molar-refractivity contribution is -0.000761. The van der Waals surface area contributed by atoms with Crippen LogP contribution in [0.15, 0.2) is 0 Å². The van der Waals surface area contributed by atoms with Gasteiger partial charge in [-0.1, -0.05) is 6.92 Å². The molecule has 0 saturated carbocycles. The van der Waals surface area contributed by atoms with E-state index in [2.05, 4.69) is 4.90 Å². The Morgan fingerprint density at radius 1 is 1.53 bits per heavy atom. The first-order valence-electron chi connectivity index (χ1n) is 5.31. The second-order valence-electron chi connectivity index (χ2n) is 3.74. The lowest BCUT2D eigenvalue weighted by Crippen LogP contribution is -2.50. The molecule has 5 nitrogen and oxygen atoms in total. The summed E-state index contributed by atoms with van der Waals surface area (Å²) in [7, 11) is -2.87. The Morgan fingerprint density at radius 3 is 2.87 bits per heavy atom. The minimum Gasteiger partial charge on any atom is -0.378 e. The maximum absolute atomic E-state index is 11.3. The van der Waals surface area contributed by atoms with Crippen molar-refractivity contribution >= 4 is 9.84 Å². The minimum absolute atomic E-state index is 0.172. The lowest BCUT2D eigenvalue weighted by Gasteiger charge is -2.34. The molecule has 1 heterocycles. The van der Waals surface area contributed by atoms with Crippen molar-refractivity contribution in [3.8, 4) is 0 Å². The summed E-state index contributed by atoms with van der Waals surface area (Å²) in [5, 5.41) is 0. The van der Waals surface area contributed by atoms with Crippen molar-refractivity contribution in [3.63, 3.8) is 0 Å². The highest BCUT2D eigenvalue weighted by atomic mass is 32.2. The summed E-state index contributed by atoms with van der Waals surface area (Å²) in [4.78, 5) is 2.11. The molecule has 1 rings (SSSR count). The van der Waals surface area contributed by atoms with Crippen molar-refractivity contribution < 1.29 is 13.2 Å². The van der Waals surface area contributed by atoms with E-state index in [4.69, 9.17) is 10.5 Å². The zero-order valence-electron chi connectivity index (χ0n) is 9.18. The van der Waals surface area contributed by atoms with E-state index in [1.165, 1.54) is 0 Å². The van der Waals surface area contributed by atoms with Gasteiger partial charge in [0.05, 0.1) is 19.0 Å². The van der Waals surface area contributed by atoms with Gasteiger partial charge in [-0.3, -0.25) is 4.90 Å². The van der Waals surface area contributed by atoms with Gasteiger partial charge in [-0.15, -0.1) is 0 Å². The first kappa shape index (κ1) is 12.9. The molecule has 0 spiro atoms. The Hall–Kier alpha value is -0.170. The van der Waals surface area contributed by atoms with E-state index >= 15 is 0 Å². The van der Waals surface area contributed by atoms with Gasteiger partial charge in [-0.05, 0) is 0 Å². The van der Waals surface area contributed by atoms with Crippen LogP contribution in [0, 0.1) is 0 Å². The van der Waals surface area contributed by atoms with Gasteiger partial charge in [-0.2, -0.15) is 0 Å².